The molecule has 6 rings (SSSR count). The number of aromatic nitrogens is 18. The Morgan fingerprint density at radius 2 is 0.494 bits per heavy atom. The Hall–Kier alpha value is -5.08. The summed E-state index contributed by atoms with van der Waals surface area (Å²) in [5.74, 6) is 12.6. The van der Waals surface area contributed by atoms with E-state index in [2.05, 4.69) is 108 Å². The summed E-state index contributed by atoms with van der Waals surface area (Å²) in [6.07, 6.45) is 8.69. The molecule has 0 saturated carbocycles. The Labute approximate surface area is 489 Å². The second-order valence-corrected chi connectivity index (χ2v) is 24.2. The lowest BCUT2D eigenvalue weighted by molar-refractivity contribution is 0.721. The van der Waals surface area contributed by atoms with Gasteiger partial charge in [0.15, 0.2) is 30.9 Å². The highest BCUT2D eigenvalue weighted by Crippen LogP contribution is 2.21. The maximum atomic E-state index is 5.91. The van der Waals surface area contributed by atoms with Crippen LogP contribution >= 0.6 is 70.6 Å². The lowest BCUT2D eigenvalue weighted by atomic mass is 10.3. The summed E-state index contributed by atoms with van der Waals surface area (Å²) >= 11 is 9.52. The molecule has 6 heterocycles. The van der Waals surface area contributed by atoms with Gasteiger partial charge in [-0.05, 0) is 79.6 Å². The highest BCUT2D eigenvalue weighted by atomic mass is 32.2. The van der Waals surface area contributed by atoms with E-state index >= 15 is 0 Å². The second-order valence-electron chi connectivity index (χ2n) is 16.8. The van der Waals surface area contributed by atoms with Gasteiger partial charge in [-0.1, -0.05) is 112 Å². The molecule has 0 atom stereocenters. The molecule has 0 aliphatic heterocycles. The van der Waals surface area contributed by atoms with Gasteiger partial charge in [-0.25, -0.2) is 29.9 Å². The molecule has 9 N–H and O–H groups in total. The Kier molecular flexibility index (Phi) is 29.0. The van der Waals surface area contributed by atoms with Gasteiger partial charge < -0.3 is 38.1 Å². The number of thioether (sulfide) groups is 6. The molecule has 6 aromatic rings. The molecule has 0 aromatic carbocycles. The van der Waals surface area contributed by atoms with Crippen molar-refractivity contribution in [3.8, 4) is 0 Å². The fraction of sp³-hybridized carbons (Fsp3) is 0.625. The van der Waals surface area contributed by atoms with E-state index in [0.717, 1.165) is 114 Å². The molecule has 25 nitrogen and oxygen atoms in total. The first-order valence-electron chi connectivity index (χ1n) is 27.1. The van der Waals surface area contributed by atoms with Gasteiger partial charge in [-0.15, -0.1) is 0 Å². The Morgan fingerprint density at radius 3 is 0.722 bits per heavy atom. The van der Waals surface area contributed by atoms with Crippen LogP contribution in [0.5, 0.6) is 0 Å². The van der Waals surface area contributed by atoms with E-state index in [9.17, 15) is 0 Å². The average molecular weight is 1190 g/mol. The lowest BCUT2D eigenvalue weighted by Crippen LogP contribution is -2.14. The van der Waals surface area contributed by atoms with Crippen LogP contribution < -0.4 is 38.1 Å². The first-order chi connectivity index (χ1) is 38.7. The van der Waals surface area contributed by atoms with Crippen LogP contribution in [0.25, 0.3) is 0 Å². The molecule has 0 bridgehead atoms. The van der Waals surface area contributed by atoms with Crippen molar-refractivity contribution >= 4 is 106 Å². The summed E-state index contributed by atoms with van der Waals surface area (Å²) in [6.45, 7) is 16.3. The third kappa shape index (κ3) is 23.9. The monoisotopic (exact) mass is 1190 g/mol. The molecule has 6 aromatic heterocycles. The van der Waals surface area contributed by atoms with E-state index in [1.54, 1.807) is 70.6 Å². The van der Waals surface area contributed by atoms with E-state index in [1.807, 2.05) is 0 Å². The van der Waals surface area contributed by atoms with Crippen molar-refractivity contribution in [3.63, 3.8) is 0 Å². The fourth-order valence-electron chi connectivity index (χ4n) is 7.13. The summed E-state index contributed by atoms with van der Waals surface area (Å²) in [5, 5.41) is 21.2. The Morgan fingerprint density at radius 1 is 0.278 bits per heavy atom. The Balaban J connectivity index is 0.950. The van der Waals surface area contributed by atoms with Crippen molar-refractivity contribution < 1.29 is 0 Å². The molecule has 428 valence electrons. The Bertz CT molecular complexity index is 2750. The van der Waals surface area contributed by atoms with Crippen molar-refractivity contribution in [2.24, 2.45) is 5.73 Å². The van der Waals surface area contributed by atoms with Crippen LogP contribution in [-0.2, 0) is 38.5 Å². The number of nitrogens with two attached hydrogens (primary N) is 2. The molecule has 0 unspecified atom stereocenters. The zero-order valence-corrected chi connectivity index (χ0v) is 51.0. The number of hydrogen-bond donors (Lipinski definition) is 7. The van der Waals surface area contributed by atoms with Gasteiger partial charge in [0.1, 0.15) is 34.9 Å². The minimum atomic E-state index is 0.245. The molecule has 0 fully saturated rings. The molecule has 0 aliphatic rings. The number of rotatable bonds is 40. The molecule has 0 aliphatic carbocycles. The van der Waals surface area contributed by atoms with E-state index < -0.39 is 0 Å². The topological polar surface area (TPSA) is 344 Å². The minimum Gasteiger partial charge on any atom is -0.368 e. The van der Waals surface area contributed by atoms with Crippen molar-refractivity contribution in [1.82, 2.24) is 89.7 Å². The van der Waals surface area contributed by atoms with Gasteiger partial charge in [-0.2, -0.15) is 59.8 Å². The van der Waals surface area contributed by atoms with E-state index in [1.165, 1.54) is 0 Å². The van der Waals surface area contributed by atoms with Crippen LogP contribution in [0.1, 0.15) is 115 Å². The van der Waals surface area contributed by atoms with Gasteiger partial charge in [0.25, 0.3) is 0 Å². The van der Waals surface area contributed by atoms with Gasteiger partial charge in [0, 0.05) is 71.2 Å². The number of hydrogen-bond acceptors (Lipinski definition) is 31. The minimum absolute atomic E-state index is 0.245. The maximum Gasteiger partial charge on any atom is 0.226 e. The molecular weight excluding hydrogens is 1120 g/mol. The number of nitrogen functional groups attached to an aromatic ring is 1. The van der Waals surface area contributed by atoms with Gasteiger partial charge in [-0.3, -0.25) is 0 Å². The number of aryl methyl sites for hydroxylation is 6. The number of nitrogens with one attached hydrogen (secondary N) is 5. The predicted octanol–water partition coefficient (Wildman–Crippen LogP) is 7.17. The first kappa shape index (κ1) is 63.1. The van der Waals surface area contributed by atoms with Crippen molar-refractivity contribution in [1.29, 1.82) is 0 Å². The third-order valence-corrected chi connectivity index (χ3v) is 14.9. The standard InChI is InChI=1S/C48H75N25S6/c1-7-74-43-62-31(56-37(50)68-43)20-14-26-51-39-58-33(64-45(70-39)76-9-3)22-16-28-53-41-60-35(66-47(72-41)78-11-5)24-18-30-55-42-61-36(67-48(73-42)79-12-6)23-17-29-54-40-59-34(65-46(71-40)77-10-4)21-15-27-52-38-57-32(19-13-25-49)63-44(69-38)75-8-2/h7-30,49H2,1-6H3,(H2,50,56,62,68)(H,51,58,64,70)(H,52,57,63,69)(H,53,60,66,72)(H,54,59,65,71)(H,55,61,67,73). The maximum absolute atomic E-state index is 5.91. The van der Waals surface area contributed by atoms with Crippen LogP contribution in [0, 0.1) is 0 Å². The normalized spacial score (nSPS) is 11.3. The van der Waals surface area contributed by atoms with Crippen LogP contribution in [0.4, 0.5) is 35.7 Å². The second kappa shape index (κ2) is 36.3. The molecule has 0 radical (unpaired) electrons. The van der Waals surface area contributed by atoms with E-state index in [-0.39, 0.29) is 5.95 Å². The van der Waals surface area contributed by atoms with Crippen molar-refractivity contribution in [2.45, 2.75) is 150 Å². The highest BCUT2D eigenvalue weighted by molar-refractivity contribution is 8.00. The summed E-state index contributed by atoms with van der Waals surface area (Å²) in [7, 11) is 0. The fourth-order valence-corrected chi connectivity index (χ4v) is 10.6. The zero-order chi connectivity index (χ0) is 55.9. The lowest BCUT2D eigenvalue weighted by Gasteiger charge is -2.11. The quantitative estimate of drug-likeness (QED) is 0.0148. The number of nitrogens with zero attached hydrogens (tertiary/aromatic N) is 18. The van der Waals surface area contributed by atoms with Gasteiger partial charge >= 0.3 is 0 Å². The van der Waals surface area contributed by atoms with Crippen LogP contribution in [-0.4, -0.2) is 163 Å². The zero-order valence-electron chi connectivity index (χ0n) is 46.1. The highest BCUT2D eigenvalue weighted by Gasteiger charge is 2.14. The first-order valence-corrected chi connectivity index (χ1v) is 33.0. The predicted molar refractivity (Wildman–Crippen MR) is 323 cm³/mol. The van der Waals surface area contributed by atoms with Crippen LogP contribution in [0.2, 0.25) is 0 Å². The molecule has 0 amide bonds. The molecule has 31 heteroatoms. The molecule has 0 saturated heterocycles. The molecular formula is C48H75N25S6. The third-order valence-electron chi connectivity index (χ3n) is 10.5. The average Bonchev–Trinajstić information content (AvgIpc) is 3.44. The SMILES string of the molecule is CCSc1nc(N)nc(CCCNc2nc(CCCNc3nc(CCCNc4nc(CCCNc5nc(CCCNc6nc(CCCN)nc(SCC)n6)nc(SCC)n5)nc(SCC)n4)nc(SCC)n3)nc(SCC)n2)n1. The van der Waals surface area contributed by atoms with Gasteiger partial charge in [0.05, 0.1) is 0 Å². The molecule has 0 spiro atoms. The summed E-state index contributed by atoms with van der Waals surface area (Å²) in [6, 6.07) is 0. The van der Waals surface area contributed by atoms with Gasteiger partial charge in [0.2, 0.25) is 35.7 Å². The smallest absolute Gasteiger partial charge is 0.226 e. The number of anilines is 6. The van der Waals surface area contributed by atoms with Crippen LogP contribution in [0.3, 0.4) is 0 Å². The largest absolute Gasteiger partial charge is 0.368 e. The van der Waals surface area contributed by atoms with Crippen LogP contribution in [0.15, 0.2) is 30.9 Å². The van der Waals surface area contributed by atoms with Crippen molar-refractivity contribution in [2.75, 3.05) is 106 Å². The van der Waals surface area contributed by atoms with E-state index in [0.29, 0.717) is 133 Å². The summed E-state index contributed by atoms with van der Waals surface area (Å²) in [5.41, 5.74) is 11.6. The van der Waals surface area contributed by atoms with Crippen molar-refractivity contribution in [3.05, 3.63) is 34.9 Å². The molecule has 79 heavy (non-hydrogen) atoms. The van der Waals surface area contributed by atoms with E-state index in [4.69, 9.17) is 61.3 Å². The summed E-state index contributed by atoms with van der Waals surface area (Å²) < 4.78 is 0. The summed E-state index contributed by atoms with van der Waals surface area (Å²) in [4.78, 5) is 83.6.